The van der Waals surface area contributed by atoms with Crippen LogP contribution in [-0.2, 0) is 0 Å². The Kier molecular flexibility index (Phi) is 4.57. The van der Waals surface area contributed by atoms with E-state index in [0.29, 0.717) is 0 Å². The second-order valence-corrected chi connectivity index (χ2v) is 4.68. The summed E-state index contributed by atoms with van der Waals surface area (Å²) in [6, 6.07) is 8.52. The molecular formula is C11H15IN2. The summed E-state index contributed by atoms with van der Waals surface area (Å²) in [4.78, 5) is 0. The number of benzene rings is 1. The zero-order valence-electron chi connectivity index (χ0n) is 8.26. The van der Waals surface area contributed by atoms with Gasteiger partial charge in [0.1, 0.15) is 0 Å². The SMILES string of the molecule is C=C(C)CC(NN)c1ccc(I)cc1. The predicted octanol–water partition coefficient (Wildman–Crippen LogP) is 2.76. The molecule has 0 bridgehead atoms. The van der Waals surface area contributed by atoms with Crippen LogP contribution in [0.3, 0.4) is 0 Å². The van der Waals surface area contributed by atoms with Gasteiger partial charge in [0.25, 0.3) is 0 Å². The lowest BCUT2D eigenvalue weighted by molar-refractivity contribution is 0.550. The molecule has 1 aromatic carbocycles. The minimum atomic E-state index is 0.171. The standard InChI is InChI=1S/C11H15IN2/c1-8(2)7-11(14-13)9-3-5-10(12)6-4-9/h3-6,11,14H,1,7,13H2,2H3. The molecule has 0 aliphatic heterocycles. The first kappa shape index (κ1) is 11.7. The Morgan fingerprint density at radius 1 is 1.50 bits per heavy atom. The first-order valence-corrected chi connectivity index (χ1v) is 5.57. The molecule has 0 heterocycles. The third kappa shape index (κ3) is 3.40. The van der Waals surface area contributed by atoms with E-state index in [9.17, 15) is 0 Å². The quantitative estimate of drug-likeness (QED) is 0.388. The summed E-state index contributed by atoms with van der Waals surface area (Å²) in [5.41, 5.74) is 5.14. The van der Waals surface area contributed by atoms with E-state index in [-0.39, 0.29) is 6.04 Å². The number of halogens is 1. The molecule has 0 aliphatic rings. The number of hydrazine groups is 1. The second-order valence-electron chi connectivity index (χ2n) is 3.43. The van der Waals surface area contributed by atoms with E-state index in [0.717, 1.165) is 12.0 Å². The van der Waals surface area contributed by atoms with Crippen LogP contribution in [0.5, 0.6) is 0 Å². The Hall–Kier alpha value is -0.390. The van der Waals surface area contributed by atoms with E-state index < -0.39 is 0 Å². The number of hydrogen-bond acceptors (Lipinski definition) is 2. The van der Waals surface area contributed by atoms with E-state index in [2.05, 4.69) is 58.9 Å². The lowest BCUT2D eigenvalue weighted by atomic mass is 10.0. The Labute approximate surface area is 98.7 Å². The third-order valence-corrected chi connectivity index (χ3v) is 2.75. The first-order valence-electron chi connectivity index (χ1n) is 4.49. The highest BCUT2D eigenvalue weighted by Crippen LogP contribution is 2.20. The molecule has 0 amide bonds. The summed E-state index contributed by atoms with van der Waals surface area (Å²) < 4.78 is 1.23. The molecule has 0 spiro atoms. The molecule has 3 heteroatoms. The van der Waals surface area contributed by atoms with Crippen LogP contribution in [0.15, 0.2) is 36.4 Å². The van der Waals surface area contributed by atoms with Gasteiger partial charge in [-0.3, -0.25) is 11.3 Å². The maximum atomic E-state index is 5.50. The molecule has 0 saturated carbocycles. The molecule has 14 heavy (non-hydrogen) atoms. The van der Waals surface area contributed by atoms with Crippen LogP contribution in [0.2, 0.25) is 0 Å². The van der Waals surface area contributed by atoms with Crippen molar-refractivity contribution in [1.82, 2.24) is 5.43 Å². The van der Waals surface area contributed by atoms with Crippen molar-refractivity contribution in [1.29, 1.82) is 0 Å². The Balaban J connectivity index is 2.78. The lowest BCUT2D eigenvalue weighted by Gasteiger charge is -2.16. The van der Waals surface area contributed by atoms with E-state index in [1.165, 1.54) is 9.13 Å². The average Bonchev–Trinajstić information content (AvgIpc) is 2.15. The van der Waals surface area contributed by atoms with Crippen molar-refractivity contribution in [3.63, 3.8) is 0 Å². The second kappa shape index (κ2) is 5.48. The van der Waals surface area contributed by atoms with Gasteiger partial charge in [0, 0.05) is 9.61 Å². The van der Waals surface area contributed by atoms with Crippen LogP contribution < -0.4 is 11.3 Å². The zero-order valence-corrected chi connectivity index (χ0v) is 10.4. The minimum Gasteiger partial charge on any atom is -0.271 e. The Morgan fingerprint density at radius 3 is 2.50 bits per heavy atom. The first-order chi connectivity index (χ1) is 6.63. The largest absolute Gasteiger partial charge is 0.271 e. The van der Waals surface area contributed by atoms with E-state index >= 15 is 0 Å². The number of nitrogens with one attached hydrogen (secondary N) is 1. The topological polar surface area (TPSA) is 38.0 Å². The molecular weight excluding hydrogens is 287 g/mol. The van der Waals surface area contributed by atoms with Crippen LogP contribution in [0.1, 0.15) is 24.9 Å². The van der Waals surface area contributed by atoms with Crippen LogP contribution >= 0.6 is 22.6 Å². The van der Waals surface area contributed by atoms with Gasteiger partial charge in [-0.05, 0) is 53.6 Å². The normalized spacial score (nSPS) is 12.5. The molecule has 0 saturated heterocycles. The summed E-state index contributed by atoms with van der Waals surface area (Å²) in [6.45, 7) is 5.90. The summed E-state index contributed by atoms with van der Waals surface area (Å²) in [6.07, 6.45) is 0.872. The van der Waals surface area contributed by atoms with Gasteiger partial charge in [0.05, 0.1) is 0 Å². The maximum absolute atomic E-state index is 5.50. The summed E-state index contributed by atoms with van der Waals surface area (Å²) in [5, 5.41) is 0. The number of hydrogen-bond donors (Lipinski definition) is 2. The predicted molar refractivity (Wildman–Crippen MR) is 68.7 cm³/mol. The highest BCUT2D eigenvalue weighted by atomic mass is 127. The van der Waals surface area contributed by atoms with Crippen LogP contribution in [0.4, 0.5) is 0 Å². The Morgan fingerprint density at radius 2 is 2.07 bits per heavy atom. The van der Waals surface area contributed by atoms with Gasteiger partial charge in [0.2, 0.25) is 0 Å². The fraction of sp³-hybridized carbons (Fsp3) is 0.273. The van der Waals surface area contributed by atoms with Crippen molar-refractivity contribution in [3.8, 4) is 0 Å². The number of rotatable bonds is 4. The highest BCUT2D eigenvalue weighted by molar-refractivity contribution is 14.1. The molecule has 0 aliphatic carbocycles. The van der Waals surface area contributed by atoms with Crippen molar-refractivity contribution in [2.24, 2.45) is 5.84 Å². The van der Waals surface area contributed by atoms with Crippen molar-refractivity contribution in [2.75, 3.05) is 0 Å². The Bertz CT molecular complexity index is 306. The summed E-state index contributed by atoms with van der Waals surface area (Å²) in [7, 11) is 0. The average molecular weight is 302 g/mol. The van der Waals surface area contributed by atoms with Gasteiger partial charge in [-0.25, -0.2) is 0 Å². The highest BCUT2D eigenvalue weighted by Gasteiger charge is 2.08. The van der Waals surface area contributed by atoms with Gasteiger partial charge in [-0.1, -0.05) is 17.7 Å². The lowest BCUT2D eigenvalue weighted by Crippen LogP contribution is -2.28. The molecule has 0 aromatic heterocycles. The van der Waals surface area contributed by atoms with E-state index in [1.54, 1.807) is 0 Å². The van der Waals surface area contributed by atoms with Gasteiger partial charge in [0.15, 0.2) is 0 Å². The smallest absolute Gasteiger partial charge is 0.0496 e. The van der Waals surface area contributed by atoms with Crippen LogP contribution in [0, 0.1) is 3.57 Å². The van der Waals surface area contributed by atoms with Crippen LogP contribution in [0.25, 0.3) is 0 Å². The van der Waals surface area contributed by atoms with Crippen molar-refractivity contribution >= 4 is 22.6 Å². The van der Waals surface area contributed by atoms with Crippen molar-refractivity contribution in [3.05, 3.63) is 45.6 Å². The molecule has 2 nitrogen and oxygen atoms in total. The fourth-order valence-corrected chi connectivity index (χ4v) is 1.68. The van der Waals surface area contributed by atoms with Crippen LogP contribution in [-0.4, -0.2) is 0 Å². The van der Waals surface area contributed by atoms with Crippen molar-refractivity contribution < 1.29 is 0 Å². The van der Waals surface area contributed by atoms with Gasteiger partial charge < -0.3 is 0 Å². The molecule has 1 atom stereocenters. The molecule has 1 aromatic rings. The molecule has 76 valence electrons. The summed E-state index contributed by atoms with van der Waals surface area (Å²) in [5.74, 6) is 5.50. The molecule has 1 rings (SSSR count). The van der Waals surface area contributed by atoms with Gasteiger partial charge >= 0.3 is 0 Å². The molecule has 3 N–H and O–H groups in total. The van der Waals surface area contributed by atoms with Crippen molar-refractivity contribution in [2.45, 2.75) is 19.4 Å². The van der Waals surface area contributed by atoms with E-state index in [4.69, 9.17) is 5.84 Å². The van der Waals surface area contributed by atoms with Gasteiger partial charge in [-0.2, -0.15) is 0 Å². The molecule has 1 unspecified atom stereocenters. The number of nitrogens with two attached hydrogens (primary N) is 1. The zero-order chi connectivity index (χ0) is 10.6. The minimum absolute atomic E-state index is 0.171. The fourth-order valence-electron chi connectivity index (χ4n) is 1.32. The third-order valence-electron chi connectivity index (χ3n) is 2.03. The monoisotopic (exact) mass is 302 g/mol. The maximum Gasteiger partial charge on any atom is 0.0496 e. The van der Waals surface area contributed by atoms with E-state index in [1.807, 2.05) is 6.92 Å². The van der Waals surface area contributed by atoms with Gasteiger partial charge in [-0.15, -0.1) is 6.58 Å². The molecule has 0 fully saturated rings. The summed E-state index contributed by atoms with van der Waals surface area (Å²) >= 11 is 2.29. The molecule has 0 radical (unpaired) electrons.